The highest BCUT2D eigenvalue weighted by atomic mass is 16.4. The van der Waals surface area contributed by atoms with Crippen LogP contribution in [0.5, 0.6) is 0 Å². The van der Waals surface area contributed by atoms with Crippen molar-refractivity contribution in [2.45, 2.75) is 43.8 Å². The Morgan fingerprint density at radius 2 is 1.78 bits per heavy atom. The average Bonchev–Trinajstić information content (AvgIpc) is 2.98. The highest BCUT2D eigenvalue weighted by Gasteiger charge is 2.30. The first-order valence-electron chi connectivity index (χ1n) is 7.06. The second-order valence-corrected chi connectivity index (χ2v) is 5.16. The molecule has 1 fully saturated rings. The van der Waals surface area contributed by atoms with Gasteiger partial charge in [-0.05, 0) is 19.4 Å². The van der Waals surface area contributed by atoms with E-state index in [0.29, 0.717) is 13.0 Å². The van der Waals surface area contributed by atoms with Gasteiger partial charge in [0.1, 0.15) is 12.3 Å². The van der Waals surface area contributed by atoms with E-state index in [1.54, 1.807) is 0 Å². The van der Waals surface area contributed by atoms with Crippen molar-refractivity contribution in [3.05, 3.63) is 0 Å². The van der Waals surface area contributed by atoms with Crippen molar-refractivity contribution in [3.63, 3.8) is 0 Å². The van der Waals surface area contributed by atoms with Gasteiger partial charge in [0.05, 0.1) is 24.9 Å². The van der Waals surface area contributed by atoms with Crippen LogP contribution in [0.4, 0.5) is 0 Å². The lowest BCUT2D eigenvalue weighted by atomic mass is 10.1. The second-order valence-electron chi connectivity index (χ2n) is 5.16. The predicted octanol–water partition coefficient (Wildman–Crippen LogP) is -2.14. The Morgan fingerprint density at radius 1 is 1.13 bits per heavy atom. The average molecular weight is 329 g/mol. The third-order valence-corrected chi connectivity index (χ3v) is 3.27. The van der Waals surface area contributed by atoms with Crippen LogP contribution in [0, 0.1) is 0 Å². The molecule has 1 rings (SSSR count). The van der Waals surface area contributed by atoms with Crippen molar-refractivity contribution in [3.8, 4) is 0 Å². The maximum atomic E-state index is 12.0. The molecule has 0 bridgehead atoms. The highest BCUT2D eigenvalue weighted by molar-refractivity contribution is 5.93. The zero-order chi connectivity index (χ0) is 17.4. The number of nitrogens with one attached hydrogen (secondary N) is 3. The molecule has 0 radical (unpaired) electrons. The summed E-state index contributed by atoms with van der Waals surface area (Å²) in [5.74, 6) is -4.04. The summed E-state index contributed by atoms with van der Waals surface area (Å²) in [6.07, 6.45) is 0.295. The summed E-state index contributed by atoms with van der Waals surface area (Å²) in [7, 11) is 0. The fourth-order valence-electron chi connectivity index (χ4n) is 2.17. The van der Waals surface area contributed by atoms with Crippen molar-refractivity contribution >= 4 is 30.0 Å². The van der Waals surface area contributed by atoms with E-state index in [4.69, 9.17) is 10.2 Å². The van der Waals surface area contributed by atoms with Gasteiger partial charge in [-0.25, -0.2) is 0 Å². The molecule has 0 unspecified atom stereocenters. The zero-order valence-electron chi connectivity index (χ0n) is 12.3. The first kappa shape index (κ1) is 18.6. The third kappa shape index (κ3) is 6.43. The number of carbonyl (C=O) groups excluding carboxylic acids is 3. The predicted molar refractivity (Wildman–Crippen MR) is 75.5 cm³/mol. The van der Waals surface area contributed by atoms with Crippen molar-refractivity contribution < 1.29 is 34.2 Å². The minimum Gasteiger partial charge on any atom is -0.481 e. The van der Waals surface area contributed by atoms with Crippen LogP contribution >= 0.6 is 0 Å². The molecule has 1 heterocycles. The number of rotatable bonds is 9. The molecular weight excluding hydrogens is 310 g/mol. The molecule has 3 atom stereocenters. The standard InChI is InChI=1S/C13H19N3O7/c17-6-7(4-10(18)19)15-13(23)9(5-11(20)21)16-12(22)8-2-1-3-14-8/h6-9,14H,1-5H2,(H,15,23)(H,16,22)(H,18,19)(H,20,21)/t7-,8-,9-/m0/s1. The van der Waals surface area contributed by atoms with Crippen LogP contribution in [0.1, 0.15) is 25.7 Å². The molecule has 1 aliphatic heterocycles. The van der Waals surface area contributed by atoms with Crippen LogP contribution in [-0.4, -0.2) is 64.9 Å². The number of hydrogen-bond donors (Lipinski definition) is 5. The van der Waals surface area contributed by atoms with Gasteiger partial charge < -0.3 is 31.0 Å². The number of carboxylic acids is 2. The van der Waals surface area contributed by atoms with Crippen LogP contribution in [0.25, 0.3) is 0 Å². The summed E-state index contributed by atoms with van der Waals surface area (Å²) in [4.78, 5) is 56.2. The molecule has 0 aromatic rings. The maximum Gasteiger partial charge on any atom is 0.305 e. The van der Waals surface area contributed by atoms with Gasteiger partial charge in [-0.2, -0.15) is 0 Å². The Morgan fingerprint density at radius 3 is 2.26 bits per heavy atom. The van der Waals surface area contributed by atoms with Crippen LogP contribution < -0.4 is 16.0 Å². The van der Waals surface area contributed by atoms with Crippen molar-refractivity contribution in [2.24, 2.45) is 0 Å². The minimum absolute atomic E-state index is 0.240. The molecular formula is C13H19N3O7. The van der Waals surface area contributed by atoms with Gasteiger partial charge in [-0.15, -0.1) is 0 Å². The van der Waals surface area contributed by atoms with Crippen molar-refractivity contribution in [1.82, 2.24) is 16.0 Å². The van der Waals surface area contributed by atoms with Crippen LogP contribution in [0.2, 0.25) is 0 Å². The van der Waals surface area contributed by atoms with E-state index in [-0.39, 0.29) is 6.29 Å². The summed E-state index contributed by atoms with van der Waals surface area (Å²) in [5, 5.41) is 24.8. The van der Waals surface area contributed by atoms with E-state index in [9.17, 15) is 24.0 Å². The first-order chi connectivity index (χ1) is 10.8. The fourth-order valence-corrected chi connectivity index (χ4v) is 2.17. The van der Waals surface area contributed by atoms with Gasteiger partial charge in [-0.1, -0.05) is 0 Å². The lowest BCUT2D eigenvalue weighted by Gasteiger charge is -2.20. The van der Waals surface area contributed by atoms with Gasteiger partial charge in [0, 0.05) is 0 Å². The Hall–Kier alpha value is -2.49. The summed E-state index contributed by atoms with van der Waals surface area (Å²) in [6, 6.07) is -3.18. The zero-order valence-corrected chi connectivity index (χ0v) is 12.3. The third-order valence-electron chi connectivity index (χ3n) is 3.27. The van der Waals surface area contributed by atoms with E-state index < -0.39 is 54.7 Å². The van der Waals surface area contributed by atoms with Crippen LogP contribution in [0.15, 0.2) is 0 Å². The van der Waals surface area contributed by atoms with Gasteiger partial charge in [-0.3, -0.25) is 19.2 Å². The smallest absolute Gasteiger partial charge is 0.305 e. The molecule has 5 N–H and O–H groups in total. The van der Waals surface area contributed by atoms with Gasteiger partial charge >= 0.3 is 11.9 Å². The summed E-state index contributed by atoms with van der Waals surface area (Å²) in [6.45, 7) is 0.652. The number of hydrogen-bond acceptors (Lipinski definition) is 6. The molecule has 10 nitrogen and oxygen atoms in total. The van der Waals surface area contributed by atoms with E-state index in [0.717, 1.165) is 6.42 Å². The monoisotopic (exact) mass is 329 g/mol. The molecule has 2 amide bonds. The fraction of sp³-hybridized carbons (Fsp3) is 0.615. The number of amides is 2. The van der Waals surface area contributed by atoms with E-state index in [2.05, 4.69) is 16.0 Å². The van der Waals surface area contributed by atoms with Gasteiger partial charge in [0.25, 0.3) is 0 Å². The molecule has 0 aromatic heterocycles. The summed E-state index contributed by atoms with van der Waals surface area (Å²) >= 11 is 0. The molecule has 0 spiro atoms. The summed E-state index contributed by atoms with van der Waals surface area (Å²) in [5.41, 5.74) is 0. The largest absolute Gasteiger partial charge is 0.481 e. The maximum absolute atomic E-state index is 12.0. The molecule has 1 aliphatic rings. The lowest BCUT2D eigenvalue weighted by molar-refractivity contribution is -0.142. The van der Waals surface area contributed by atoms with E-state index in [1.165, 1.54) is 0 Å². The number of aldehydes is 1. The van der Waals surface area contributed by atoms with Crippen LogP contribution in [-0.2, 0) is 24.0 Å². The van der Waals surface area contributed by atoms with E-state index in [1.807, 2.05) is 0 Å². The SMILES string of the molecule is O=C[C@H](CC(=O)O)NC(=O)[C@H](CC(=O)O)NC(=O)[C@@H]1CCCN1. The molecule has 0 aromatic carbocycles. The normalized spacial score (nSPS) is 19.4. The Bertz CT molecular complexity index is 488. The highest BCUT2D eigenvalue weighted by Crippen LogP contribution is 2.06. The topological polar surface area (TPSA) is 162 Å². The minimum atomic E-state index is -1.39. The molecule has 128 valence electrons. The Kier molecular flexibility index (Phi) is 7.13. The van der Waals surface area contributed by atoms with Crippen molar-refractivity contribution in [2.75, 3.05) is 6.54 Å². The number of carbonyl (C=O) groups is 5. The van der Waals surface area contributed by atoms with Gasteiger partial charge in [0.15, 0.2) is 0 Å². The quantitative estimate of drug-likeness (QED) is 0.299. The molecule has 1 saturated heterocycles. The lowest BCUT2D eigenvalue weighted by Crippen LogP contribution is -2.54. The van der Waals surface area contributed by atoms with Gasteiger partial charge in [0.2, 0.25) is 11.8 Å². The Balaban J connectivity index is 2.68. The summed E-state index contributed by atoms with van der Waals surface area (Å²) < 4.78 is 0. The van der Waals surface area contributed by atoms with Crippen molar-refractivity contribution in [1.29, 1.82) is 0 Å². The number of carboxylic acid groups (broad SMARTS) is 2. The Labute approximate surface area is 131 Å². The molecule has 23 heavy (non-hydrogen) atoms. The molecule has 0 saturated carbocycles. The van der Waals surface area contributed by atoms with E-state index >= 15 is 0 Å². The second kappa shape index (κ2) is 8.83. The van der Waals surface area contributed by atoms with Crippen LogP contribution in [0.3, 0.4) is 0 Å². The molecule has 0 aliphatic carbocycles. The molecule has 10 heteroatoms. The first-order valence-corrected chi connectivity index (χ1v) is 7.06. The number of aliphatic carboxylic acids is 2.